The molecule has 0 fully saturated rings. The van der Waals surface area contributed by atoms with Crippen LogP contribution in [0, 0.1) is 11.8 Å². The summed E-state index contributed by atoms with van der Waals surface area (Å²) in [6.07, 6.45) is 6.87. The molecular formula is C14H16O. The molecule has 1 aliphatic carbocycles. The standard InChI is InChI=1S/C14H16O/c1-11-9-14(15)8-7-13(11)10-12-5-3-2-4-6-12/h2-9,11,13,15H,10H2,1H3. The first kappa shape index (κ1) is 10.0. The Morgan fingerprint density at radius 3 is 2.60 bits per heavy atom. The van der Waals surface area contributed by atoms with Gasteiger partial charge in [0, 0.05) is 0 Å². The van der Waals surface area contributed by atoms with E-state index in [4.69, 9.17) is 0 Å². The Labute approximate surface area is 90.8 Å². The van der Waals surface area contributed by atoms with Crippen LogP contribution in [0.5, 0.6) is 0 Å². The molecule has 0 aromatic heterocycles. The third kappa shape index (κ3) is 2.50. The van der Waals surface area contributed by atoms with Gasteiger partial charge in [0.2, 0.25) is 0 Å². The summed E-state index contributed by atoms with van der Waals surface area (Å²) in [7, 11) is 0. The van der Waals surface area contributed by atoms with Gasteiger partial charge >= 0.3 is 0 Å². The van der Waals surface area contributed by atoms with Crippen LogP contribution in [0.25, 0.3) is 0 Å². The second-order valence-electron chi connectivity index (χ2n) is 4.16. The van der Waals surface area contributed by atoms with Gasteiger partial charge in [-0.3, -0.25) is 0 Å². The van der Waals surface area contributed by atoms with Crippen LogP contribution >= 0.6 is 0 Å². The van der Waals surface area contributed by atoms with Crippen molar-refractivity contribution in [2.24, 2.45) is 11.8 Å². The fraction of sp³-hybridized carbons (Fsp3) is 0.286. The van der Waals surface area contributed by atoms with E-state index in [2.05, 4.69) is 37.3 Å². The maximum Gasteiger partial charge on any atom is 0.111 e. The maximum absolute atomic E-state index is 9.34. The highest BCUT2D eigenvalue weighted by atomic mass is 16.3. The Kier molecular flexibility index (Phi) is 2.91. The molecule has 1 aromatic rings. The Balaban J connectivity index is 2.06. The minimum Gasteiger partial charge on any atom is -0.508 e. The lowest BCUT2D eigenvalue weighted by atomic mass is 9.85. The van der Waals surface area contributed by atoms with Gasteiger partial charge in [-0.15, -0.1) is 0 Å². The zero-order valence-electron chi connectivity index (χ0n) is 8.93. The predicted octanol–water partition coefficient (Wildman–Crippen LogP) is 3.49. The lowest BCUT2D eigenvalue weighted by Crippen LogP contribution is -2.13. The summed E-state index contributed by atoms with van der Waals surface area (Å²) in [6, 6.07) is 10.5. The molecule has 1 nitrogen and oxygen atoms in total. The van der Waals surface area contributed by atoms with Crippen molar-refractivity contribution in [2.45, 2.75) is 13.3 Å². The lowest BCUT2D eigenvalue weighted by Gasteiger charge is -2.21. The van der Waals surface area contributed by atoms with Crippen LogP contribution in [0.15, 0.2) is 54.3 Å². The fourth-order valence-electron chi connectivity index (χ4n) is 1.99. The Morgan fingerprint density at radius 2 is 1.93 bits per heavy atom. The first-order chi connectivity index (χ1) is 7.25. The maximum atomic E-state index is 9.34. The van der Waals surface area contributed by atoms with Gasteiger partial charge in [0.05, 0.1) is 0 Å². The molecule has 0 heterocycles. The number of allylic oxidation sites excluding steroid dienone is 3. The molecular weight excluding hydrogens is 184 g/mol. The van der Waals surface area contributed by atoms with Crippen molar-refractivity contribution in [3.05, 3.63) is 59.9 Å². The van der Waals surface area contributed by atoms with Gasteiger partial charge in [0.15, 0.2) is 0 Å². The zero-order valence-corrected chi connectivity index (χ0v) is 8.93. The SMILES string of the molecule is CC1C=C(O)C=CC1Cc1ccccc1. The van der Waals surface area contributed by atoms with E-state index in [1.807, 2.05) is 12.1 Å². The molecule has 0 bridgehead atoms. The number of hydrogen-bond donors (Lipinski definition) is 1. The third-order valence-corrected chi connectivity index (χ3v) is 2.94. The smallest absolute Gasteiger partial charge is 0.111 e. The normalized spacial score (nSPS) is 25.0. The number of aliphatic hydroxyl groups is 1. The largest absolute Gasteiger partial charge is 0.508 e. The summed E-state index contributed by atoms with van der Waals surface area (Å²) < 4.78 is 0. The molecule has 1 heteroatoms. The fourth-order valence-corrected chi connectivity index (χ4v) is 1.99. The van der Waals surface area contributed by atoms with Crippen molar-refractivity contribution >= 4 is 0 Å². The average molecular weight is 200 g/mol. The number of benzene rings is 1. The van der Waals surface area contributed by atoms with Gasteiger partial charge in [-0.05, 0) is 36.0 Å². The highest BCUT2D eigenvalue weighted by Crippen LogP contribution is 2.25. The number of aliphatic hydroxyl groups excluding tert-OH is 1. The molecule has 1 N–H and O–H groups in total. The molecule has 2 unspecified atom stereocenters. The van der Waals surface area contributed by atoms with E-state index < -0.39 is 0 Å². The monoisotopic (exact) mass is 200 g/mol. The van der Waals surface area contributed by atoms with Crippen molar-refractivity contribution in [1.82, 2.24) is 0 Å². The van der Waals surface area contributed by atoms with E-state index in [1.165, 1.54) is 5.56 Å². The van der Waals surface area contributed by atoms with Gasteiger partial charge < -0.3 is 5.11 Å². The van der Waals surface area contributed by atoms with E-state index in [0.29, 0.717) is 17.6 Å². The minimum absolute atomic E-state index is 0.395. The van der Waals surface area contributed by atoms with Crippen LogP contribution in [0.4, 0.5) is 0 Å². The minimum atomic E-state index is 0.395. The molecule has 1 aliphatic rings. The summed E-state index contributed by atoms with van der Waals surface area (Å²) in [5.74, 6) is 1.31. The van der Waals surface area contributed by atoms with Crippen LogP contribution in [0.1, 0.15) is 12.5 Å². The van der Waals surface area contributed by atoms with E-state index in [9.17, 15) is 5.11 Å². The quantitative estimate of drug-likeness (QED) is 0.774. The first-order valence-electron chi connectivity index (χ1n) is 5.38. The zero-order chi connectivity index (χ0) is 10.7. The molecule has 15 heavy (non-hydrogen) atoms. The van der Waals surface area contributed by atoms with Crippen LogP contribution in [-0.2, 0) is 6.42 Å². The highest BCUT2D eigenvalue weighted by molar-refractivity contribution is 5.23. The molecule has 1 aromatic carbocycles. The highest BCUT2D eigenvalue weighted by Gasteiger charge is 2.16. The van der Waals surface area contributed by atoms with Crippen molar-refractivity contribution in [3.63, 3.8) is 0 Å². The van der Waals surface area contributed by atoms with Gasteiger partial charge in [-0.25, -0.2) is 0 Å². The van der Waals surface area contributed by atoms with Crippen molar-refractivity contribution in [1.29, 1.82) is 0 Å². The van der Waals surface area contributed by atoms with E-state index in [1.54, 1.807) is 6.08 Å². The van der Waals surface area contributed by atoms with Crippen LogP contribution in [0.2, 0.25) is 0 Å². The first-order valence-corrected chi connectivity index (χ1v) is 5.38. The summed E-state index contributed by atoms with van der Waals surface area (Å²) in [5.41, 5.74) is 1.36. The second-order valence-corrected chi connectivity index (χ2v) is 4.16. The summed E-state index contributed by atoms with van der Waals surface area (Å²) in [6.45, 7) is 2.15. The molecule has 0 saturated carbocycles. The van der Waals surface area contributed by atoms with Crippen molar-refractivity contribution in [2.75, 3.05) is 0 Å². The molecule has 2 rings (SSSR count). The van der Waals surface area contributed by atoms with Crippen molar-refractivity contribution in [3.8, 4) is 0 Å². The van der Waals surface area contributed by atoms with Gasteiger partial charge in [-0.2, -0.15) is 0 Å². The Hall–Kier alpha value is -1.50. The molecule has 0 saturated heterocycles. The predicted molar refractivity (Wildman–Crippen MR) is 62.7 cm³/mol. The van der Waals surface area contributed by atoms with Crippen molar-refractivity contribution < 1.29 is 5.11 Å². The number of hydrogen-bond acceptors (Lipinski definition) is 1. The summed E-state index contributed by atoms with van der Waals surface area (Å²) >= 11 is 0. The topological polar surface area (TPSA) is 20.2 Å². The Bertz CT molecular complexity index is 376. The molecule has 2 atom stereocenters. The molecule has 0 spiro atoms. The van der Waals surface area contributed by atoms with Crippen LogP contribution < -0.4 is 0 Å². The molecule has 0 amide bonds. The van der Waals surface area contributed by atoms with Gasteiger partial charge in [0.25, 0.3) is 0 Å². The molecule has 78 valence electrons. The molecule has 0 aliphatic heterocycles. The number of rotatable bonds is 2. The van der Waals surface area contributed by atoms with Gasteiger partial charge in [-0.1, -0.05) is 43.3 Å². The van der Waals surface area contributed by atoms with Crippen LogP contribution in [0.3, 0.4) is 0 Å². The summed E-state index contributed by atoms with van der Waals surface area (Å²) in [5, 5.41) is 9.34. The van der Waals surface area contributed by atoms with Gasteiger partial charge in [0.1, 0.15) is 5.76 Å². The average Bonchev–Trinajstić information content (AvgIpc) is 2.24. The summed E-state index contributed by atoms with van der Waals surface area (Å²) in [4.78, 5) is 0. The van der Waals surface area contributed by atoms with E-state index in [-0.39, 0.29) is 0 Å². The third-order valence-electron chi connectivity index (χ3n) is 2.94. The van der Waals surface area contributed by atoms with E-state index >= 15 is 0 Å². The van der Waals surface area contributed by atoms with Crippen LogP contribution in [-0.4, -0.2) is 5.11 Å². The lowest BCUT2D eigenvalue weighted by molar-refractivity contribution is 0.399. The molecule has 0 radical (unpaired) electrons. The Morgan fingerprint density at radius 1 is 1.20 bits per heavy atom. The second kappa shape index (κ2) is 4.35. The van der Waals surface area contributed by atoms with E-state index in [0.717, 1.165) is 6.42 Å².